The van der Waals surface area contributed by atoms with E-state index < -0.39 is 17.5 Å². The number of aryl methyl sites for hydroxylation is 3. The van der Waals surface area contributed by atoms with Crippen LogP contribution in [0, 0.1) is 20.8 Å². The number of esters is 1. The molecule has 0 aliphatic heterocycles. The van der Waals surface area contributed by atoms with Crippen molar-refractivity contribution in [3.8, 4) is 0 Å². The lowest BCUT2D eigenvalue weighted by Gasteiger charge is -2.24. The second-order valence-electron chi connectivity index (χ2n) is 6.03. The van der Waals surface area contributed by atoms with Crippen molar-refractivity contribution in [3.05, 3.63) is 34.4 Å². The first kappa shape index (κ1) is 15.5. The highest BCUT2D eigenvalue weighted by Gasteiger charge is 2.45. The maximum Gasteiger partial charge on any atom is 0.348 e. The molecule has 0 unspecified atom stereocenters. The average Bonchev–Trinajstić information content (AvgIpc) is 2.83. The topological polar surface area (TPSA) is 63.6 Å². The Bertz CT molecular complexity index is 545. The van der Waals surface area contributed by atoms with E-state index in [2.05, 4.69) is 0 Å². The van der Waals surface area contributed by atoms with E-state index in [1.807, 2.05) is 32.9 Å². The van der Waals surface area contributed by atoms with E-state index in [1.54, 1.807) is 0 Å². The van der Waals surface area contributed by atoms with Crippen LogP contribution >= 0.6 is 0 Å². The molecule has 0 bridgehead atoms. The average molecular weight is 290 g/mol. The second-order valence-corrected chi connectivity index (χ2v) is 6.03. The summed E-state index contributed by atoms with van der Waals surface area (Å²) >= 11 is 0. The largest absolute Gasteiger partial charge is 0.478 e. The van der Waals surface area contributed by atoms with Gasteiger partial charge in [0, 0.05) is 0 Å². The van der Waals surface area contributed by atoms with Crippen LogP contribution in [0.3, 0.4) is 0 Å². The number of hydrogen-bond donors (Lipinski definition) is 1. The number of benzene rings is 1. The lowest BCUT2D eigenvalue weighted by Crippen LogP contribution is -2.41. The van der Waals surface area contributed by atoms with Gasteiger partial charge in [0.05, 0.1) is 6.42 Å². The van der Waals surface area contributed by atoms with E-state index in [-0.39, 0.29) is 6.42 Å². The summed E-state index contributed by atoms with van der Waals surface area (Å²) in [6.45, 7) is 5.94. The highest BCUT2D eigenvalue weighted by atomic mass is 16.6. The smallest absolute Gasteiger partial charge is 0.348 e. The summed E-state index contributed by atoms with van der Waals surface area (Å²) in [4.78, 5) is 23.6. The maximum absolute atomic E-state index is 12.2. The molecule has 0 radical (unpaired) electrons. The summed E-state index contributed by atoms with van der Waals surface area (Å²) in [5.41, 5.74) is 2.87. The lowest BCUT2D eigenvalue weighted by atomic mass is 9.97. The summed E-state index contributed by atoms with van der Waals surface area (Å²) in [6, 6.07) is 4.05. The summed E-state index contributed by atoms with van der Waals surface area (Å²) < 4.78 is 5.37. The second kappa shape index (κ2) is 5.88. The molecule has 1 fully saturated rings. The maximum atomic E-state index is 12.2. The van der Waals surface area contributed by atoms with Crippen molar-refractivity contribution in [1.29, 1.82) is 0 Å². The molecule has 0 aromatic heterocycles. The minimum atomic E-state index is -1.30. The van der Waals surface area contributed by atoms with Crippen molar-refractivity contribution < 1.29 is 19.4 Å². The molecular weight excluding hydrogens is 268 g/mol. The van der Waals surface area contributed by atoms with Crippen molar-refractivity contribution in [2.75, 3.05) is 0 Å². The number of aliphatic carboxylic acids is 1. The monoisotopic (exact) mass is 290 g/mol. The molecule has 2 rings (SSSR count). The van der Waals surface area contributed by atoms with Crippen molar-refractivity contribution in [3.63, 3.8) is 0 Å². The first-order chi connectivity index (χ1) is 9.84. The van der Waals surface area contributed by atoms with E-state index in [1.165, 1.54) is 0 Å². The zero-order valence-electron chi connectivity index (χ0n) is 12.9. The Hall–Kier alpha value is -1.84. The fraction of sp³-hybridized carbons (Fsp3) is 0.529. The molecule has 1 N–H and O–H groups in total. The third-order valence-corrected chi connectivity index (χ3v) is 4.27. The Morgan fingerprint density at radius 2 is 1.67 bits per heavy atom. The molecule has 1 aliphatic rings. The van der Waals surface area contributed by atoms with Crippen LogP contribution in [0.1, 0.15) is 47.9 Å². The number of carbonyl (C=O) groups is 2. The van der Waals surface area contributed by atoms with Gasteiger partial charge in [0.15, 0.2) is 0 Å². The van der Waals surface area contributed by atoms with E-state index >= 15 is 0 Å². The third kappa shape index (κ3) is 3.26. The van der Waals surface area contributed by atoms with Gasteiger partial charge in [-0.25, -0.2) is 4.79 Å². The molecule has 1 saturated carbocycles. The van der Waals surface area contributed by atoms with Crippen LogP contribution in [0.25, 0.3) is 0 Å². The molecule has 1 aromatic carbocycles. The van der Waals surface area contributed by atoms with Gasteiger partial charge >= 0.3 is 11.9 Å². The van der Waals surface area contributed by atoms with E-state index in [0.29, 0.717) is 12.8 Å². The van der Waals surface area contributed by atoms with Gasteiger partial charge in [-0.3, -0.25) is 4.79 Å². The molecule has 1 aliphatic carbocycles. The minimum absolute atomic E-state index is 0.132. The number of carboxylic acids is 1. The van der Waals surface area contributed by atoms with Gasteiger partial charge in [0.1, 0.15) is 0 Å². The molecule has 0 amide bonds. The van der Waals surface area contributed by atoms with Gasteiger partial charge in [-0.2, -0.15) is 0 Å². The van der Waals surface area contributed by atoms with Crippen molar-refractivity contribution in [2.45, 2.75) is 58.5 Å². The van der Waals surface area contributed by atoms with Gasteiger partial charge < -0.3 is 9.84 Å². The van der Waals surface area contributed by atoms with Gasteiger partial charge in [-0.15, -0.1) is 0 Å². The Labute approximate surface area is 125 Å². The SMILES string of the molecule is Cc1cc(C)c(CC(=O)OC2(C(=O)O)CCCC2)c(C)c1. The zero-order chi connectivity index (χ0) is 15.6. The zero-order valence-corrected chi connectivity index (χ0v) is 12.9. The molecule has 0 spiro atoms. The highest BCUT2D eigenvalue weighted by molar-refractivity contribution is 5.83. The number of ether oxygens (including phenoxy) is 1. The molecule has 4 nitrogen and oxygen atoms in total. The third-order valence-electron chi connectivity index (χ3n) is 4.27. The molecule has 21 heavy (non-hydrogen) atoms. The Kier molecular flexibility index (Phi) is 4.35. The number of rotatable bonds is 4. The van der Waals surface area contributed by atoms with Crippen LogP contribution in [0.2, 0.25) is 0 Å². The quantitative estimate of drug-likeness (QED) is 0.865. The summed E-state index contributed by atoms with van der Waals surface area (Å²) in [7, 11) is 0. The first-order valence-electron chi connectivity index (χ1n) is 7.36. The fourth-order valence-electron chi connectivity index (χ4n) is 3.19. The van der Waals surface area contributed by atoms with E-state index in [4.69, 9.17) is 4.74 Å². The van der Waals surface area contributed by atoms with E-state index in [0.717, 1.165) is 35.1 Å². The van der Waals surface area contributed by atoms with Crippen LogP contribution in [0.5, 0.6) is 0 Å². The van der Waals surface area contributed by atoms with Crippen LogP contribution in [-0.4, -0.2) is 22.6 Å². The summed E-state index contributed by atoms with van der Waals surface area (Å²) in [5, 5.41) is 9.35. The predicted octanol–water partition coefficient (Wildman–Crippen LogP) is 3.09. The minimum Gasteiger partial charge on any atom is -0.478 e. The van der Waals surface area contributed by atoms with E-state index in [9.17, 15) is 14.7 Å². The Balaban J connectivity index is 2.14. The van der Waals surface area contributed by atoms with Crippen LogP contribution in [0.4, 0.5) is 0 Å². The van der Waals surface area contributed by atoms with Gasteiger partial charge in [0.25, 0.3) is 0 Å². The van der Waals surface area contributed by atoms with Crippen molar-refractivity contribution in [1.82, 2.24) is 0 Å². The van der Waals surface area contributed by atoms with Crippen molar-refractivity contribution in [2.24, 2.45) is 0 Å². The molecule has 0 atom stereocenters. The molecule has 1 aromatic rings. The Morgan fingerprint density at radius 1 is 1.14 bits per heavy atom. The fourth-order valence-corrected chi connectivity index (χ4v) is 3.19. The molecular formula is C17H22O4. The van der Waals surface area contributed by atoms with Gasteiger partial charge in [0.2, 0.25) is 5.60 Å². The Morgan fingerprint density at radius 3 is 2.14 bits per heavy atom. The van der Waals surface area contributed by atoms with Crippen LogP contribution < -0.4 is 0 Å². The standard InChI is InChI=1S/C17H22O4/c1-11-8-12(2)14(13(3)9-11)10-15(18)21-17(16(19)20)6-4-5-7-17/h8-9H,4-7,10H2,1-3H3,(H,19,20). The molecule has 114 valence electrons. The van der Waals surface area contributed by atoms with Gasteiger partial charge in [-0.1, -0.05) is 17.7 Å². The van der Waals surface area contributed by atoms with Crippen LogP contribution in [-0.2, 0) is 20.7 Å². The molecule has 4 heteroatoms. The number of hydrogen-bond acceptors (Lipinski definition) is 3. The number of carbonyl (C=O) groups excluding carboxylic acids is 1. The van der Waals surface area contributed by atoms with Crippen LogP contribution in [0.15, 0.2) is 12.1 Å². The van der Waals surface area contributed by atoms with Gasteiger partial charge in [-0.05, 0) is 63.1 Å². The summed E-state index contributed by atoms with van der Waals surface area (Å²) in [6.07, 6.45) is 2.55. The molecule has 0 heterocycles. The lowest BCUT2D eigenvalue weighted by molar-refractivity contribution is -0.177. The highest BCUT2D eigenvalue weighted by Crippen LogP contribution is 2.34. The normalized spacial score (nSPS) is 16.7. The predicted molar refractivity (Wildman–Crippen MR) is 79.3 cm³/mol. The molecule has 0 saturated heterocycles. The first-order valence-corrected chi connectivity index (χ1v) is 7.36. The number of carboxylic acid groups (broad SMARTS) is 1. The van der Waals surface area contributed by atoms with Crippen molar-refractivity contribution >= 4 is 11.9 Å². The summed E-state index contributed by atoms with van der Waals surface area (Å²) in [5.74, 6) is -1.47.